The SMILES string of the molecule is O=C1c2cccc(F)c2CN1[C@@H]1CC[C@@]2(O)[C@H]3Cc4ccc(O)c5c4[C@@]2(CCN3CC2CC2)[C@H]1O5. The number of amides is 1. The molecule has 8 rings (SSSR count). The lowest BCUT2D eigenvalue weighted by atomic mass is 9.48. The summed E-state index contributed by atoms with van der Waals surface area (Å²) in [5.41, 5.74) is 1.27. The molecule has 2 aromatic carbocycles. The van der Waals surface area contributed by atoms with Crippen LogP contribution in [0.1, 0.15) is 59.2 Å². The van der Waals surface area contributed by atoms with Crippen LogP contribution < -0.4 is 4.74 Å². The van der Waals surface area contributed by atoms with Crippen LogP contribution in [0.2, 0.25) is 0 Å². The van der Waals surface area contributed by atoms with Gasteiger partial charge in [-0.05, 0) is 74.8 Å². The molecule has 2 bridgehead atoms. The van der Waals surface area contributed by atoms with Crippen LogP contribution in [0.25, 0.3) is 0 Å². The van der Waals surface area contributed by atoms with Gasteiger partial charge in [0.2, 0.25) is 0 Å². The highest BCUT2D eigenvalue weighted by Crippen LogP contribution is 2.66. The van der Waals surface area contributed by atoms with Gasteiger partial charge in [-0.15, -0.1) is 0 Å². The number of aliphatic hydroxyl groups is 1. The molecule has 1 spiro atoms. The number of fused-ring (bicyclic) bond motifs is 1. The number of hydrogen-bond acceptors (Lipinski definition) is 5. The topological polar surface area (TPSA) is 73.2 Å². The molecule has 35 heavy (non-hydrogen) atoms. The van der Waals surface area contributed by atoms with Gasteiger partial charge >= 0.3 is 0 Å². The van der Waals surface area contributed by atoms with E-state index in [9.17, 15) is 19.4 Å². The molecule has 182 valence electrons. The van der Waals surface area contributed by atoms with Crippen LogP contribution in [0.5, 0.6) is 11.5 Å². The molecule has 6 nitrogen and oxygen atoms in total. The summed E-state index contributed by atoms with van der Waals surface area (Å²) in [6, 6.07) is 8.07. The number of carbonyl (C=O) groups is 1. The largest absolute Gasteiger partial charge is 0.504 e. The molecule has 7 heteroatoms. The van der Waals surface area contributed by atoms with E-state index in [1.165, 1.54) is 18.9 Å². The van der Waals surface area contributed by atoms with Gasteiger partial charge in [-0.3, -0.25) is 9.69 Å². The maximum Gasteiger partial charge on any atom is 0.254 e. The van der Waals surface area contributed by atoms with E-state index >= 15 is 0 Å². The fourth-order valence-electron chi connectivity index (χ4n) is 8.36. The van der Waals surface area contributed by atoms with Crippen molar-refractivity contribution in [2.24, 2.45) is 5.92 Å². The fraction of sp³-hybridized carbons (Fsp3) is 0.536. The third-order valence-electron chi connectivity index (χ3n) is 10.1. The van der Waals surface area contributed by atoms with E-state index in [0.29, 0.717) is 29.7 Å². The predicted molar refractivity (Wildman–Crippen MR) is 125 cm³/mol. The highest BCUT2D eigenvalue weighted by Gasteiger charge is 2.73. The first-order valence-electron chi connectivity index (χ1n) is 13.0. The first-order valence-corrected chi connectivity index (χ1v) is 13.0. The summed E-state index contributed by atoms with van der Waals surface area (Å²) in [7, 11) is 0. The Kier molecular flexibility index (Phi) is 3.85. The first kappa shape index (κ1) is 20.5. The molecule has 2 saturated carbocycles. The van der Waals surface area contributed by atoms with E-state index < -0.39 is 17.1 Å². The smallest absolute Gasteiger partial charge is 0.254 e. The molecular weight excluding hydrogens is 447 g/mol. The van der Waals surface area contributed by atoms with Crippen LogP contribution in [0.3, 0.4) is 0 Å². The van der Waals surface area contributed by atoms with Gasteiger partial charge in [0.1, 0.15) is 11.9 Å². The van der Waals surface area contributed by atoms with Gasteiger partial charge in [-0.2, -0.15) is 0 Å². The number of benzene rings is 2. The molecule has 3 aliphatic heterocycles. The average Bonchev–Trinajstić information content (AvgIpc) is 3.49. The Balaban J connectivity index is 1.26. The lowest BCUT2D eigenvalue weighted by molar-refractivity contribution is -0.198. The lowest BCUT2D eigenvalue weighted by Gasteiger charge is -2.64. The van der Waals surface area contributed by atoms with Crippen molar-refractivity contribution in [3.8, 4) is 11.5 Å². The number of phenolic OH excluding ortho intramolecular Hbond substituents is 1. The summed E-state index contributed by atoms with van der Waals surface area (Å²) in [6.45, 7) is 2.11. The molecule has 0 aromatic heterocycles. The average molecular weight is 477 g/mol. The molecule has 5 atom stereocenters. The van der Waals surface area contributed by atoms with Crippen molar-refractivity contribution in [1.29, 1.82) is 0 Å². The fourth-order valence-corrected chi connectivity index (χ4v) is 8.36. The number of halogens is 1. The summed E-state index contributed by atoms with van der Waals surface area (Å²) in [6.07, 6.45) is 4.67. The molecule has 3 fully saturated rings. The van der Waals surface area contributed by atoms with Gasteiger partial charge in [-0.25, -0.2) is 4.39 Å². The van der Waals surface area contributed by atoms with E-state index in [2.05, 4.69) is 4.90 Å². The third-order valence-corrected chi connectivity index (χ3v) is 10.1. The van der Waals surface area contributed by atoms with E-state index in [1.54, 1.807) is 23.1 Å². The van der Waals surface area contributed by atoms with Gasteiger partial charge in [0.15, 0.2) is 11.5 Å². The van der Waals surface area contributed by atoms with Gasteiger partial charge < -0.3 is 19.8 Å². The first-order chi connectivity index (χ1) is 16.9. The van der Waals surface area contributed by atoms with Crippen molar-refractivity contribution < 1.29 is 24.1 Å². The number of likely N-dealkylation sites (tertiary alicyclic amines) is 1. The van der Waals surface area contributed by atoms with Crippen molar-refractivity contribution >= 4 is 5.91 Å². The van der Waals surface area contributed by atoms with E-state index in [-0.39, 0.29) is 36.1 Å². The zero-order valence-corrected chi connectivity index (χ0v) is 19.5. The van der Waals surface area contributed by atoms with Gasteiger partial charge in [0, 0.05) is 29.3 Å². The number of rotatable bonds is 3. The quantitative estimate of drug-likeness (QED) is 0.712. The van der Waals surface area contributed by atoms with Crippen molar-refractivity contribution in [2.45, 2.75) is 74.3 Å². The zero-order chi connectivity index (χ0) is 23.7. The molecule has 1 amide bonds. The molecular formula is C28H29FN2O4. The molecule has 2 aromatic rings. The number of hydrogen-bond donors (Lipinski definition) is 2. The molecule has 2 N–H and O–H groups in total. The second-order valence-corrected chi connectivity index (χ2v) is 11.6. The summed E-state index contributed by atoms with van der Waals surface area (Å²) < 4.78 is 21.2. The van der Waals surface area contributed by atoms with Crippen LogP contribution in [-0.2, 0) is 18.4 Å². The normalized spacial score (nSPS) is 36.7. The second-order valence-electron chi connectivity index (χ2n) is 11.6. The number of carbonyl (C=O) groups excluding carboxylic acids is 1. The van der Waals surface area contributed by atoms with E-state index in [0.717, 1.165) is 43.0 Å². The minimum atomic E-state index is -0.992. The maximum absolute atomic E-state index is 14.6. The monoisotopic (exact) mass is 476 g/mol. The van der Waals surface area contributed by atoms with Crippen LogP contribution in [-0.4, -0.2) is 62.8 Å². The minimum absolute atomic E-state index is 0.00388. The summed E-state index contributed by atoms with van der Waals surface area (Å²) in [5, 5.41) is 23.4. The van der Waals surface area contributed by atoms with Crippen LogP contribution >= 0.6 is 0 Å². The summed E-state index contributed by atoms with van der Waals surface area (Å²) >= 11 is 0. The number of aromatic hydroxyl groups is 1. The van der Waals surface area contributed by atoms with Gasteiger partial charge in [0.05, 0.1) is 23.6 Å². The predicted octanol–water partition coefficient (Wildman–Crippen LogP) is 3.12. The number of ether oxygens (including phenoxy) is 1. The highest BCUT2D eigenvalue weighted by atomic mass is 19.1. The molecule has 3 heterocycles. The zero-order valence-electron chi connectivity index (χ0n) is 19.5. The molecule has 1 saturated heterocycles. The van der Waals surface area contributed by atoms with E-state index in [4.69, 9.17) is 4.74 Å². The number of nitrogens with zero attached hydrogens (tertiary/aromatic N) is 2. The third kappa shape index (κ3) is 2.39. The van der Waals surface area contributed by atoms with Crippen molar-refractivity contribution in [3.05, 3.63) is 58.4 Å². The summed E-state index contributed by atoms with van der Waals surface area (Å²) in [5.74, 6) is 0.767. The van der Waals surface area contributed by atoms with Crippen molar-refractivity contribution in [2.75, 3.05) is 13.1 Å². The molecule has 0 unspecified atom stereocenters. The second kappa shape index (κ2) is 6.56. The Morgan fingerprint density at radius 1 is 1.14 bits per heavy atom. The molecule has 0 radical (unpaired) electrons. The highest BCUT2D eigenvalue weighted by molar-refractivity contribution is 5.98. The molecule has 3 aliphatic carbocycles. The Labute approximate surface area is 203 Å². The maximum atomic E-state index is 14.6. The van der Waals surface area contributed by atoms with Crippen LogP contribution in [0.15, 0.2) is 30.3 Å². The summed E-state index contributed by atoms with van der Waals surface area (Å²) in [4.78, 5) is 17.7. The molecule has 6 aliphatic rings. The number of phenols is 1. The Morgan fingerprint density at radius 2 is 2.00 bits per heavy atom. The Bertz CT molecular complexity index is 1290. The Hall–Kier alpha value is -2.64. The van der Waals surface area contributed by atoms with Gasteiger partial charge in [0.25, 0.3) is 5.91 Å². The van der Waals surface area contributed by atoms with Gasteiger partial charge in [-0.1, -0.05) is 12.1 Å². The lowest BCUT2D eigenvalue weighted by Crippen LogP contribution is -2.78. The van der Waals surface area contributed by atoms with Crippen LogP contribution in [0, 0.1) is 11.7 Å². The van der Waals surface area contributed by atoms with Crippen LogP contribution in [0.4, 0.5) is 4.39 Å². The number of piperidine rings is 1. The van der Waals surface area contributed by atoms with E-state index in [1.807, 2.05) is 6.07 Å². The van der Waals surface area contributed by atoms with Crippen molar-refractivity contribution in [3.63, 3.8) is 0 Å². The Morgan fingerprint density at radius 3 is 2.80 bits per heavy atom. The standard InChI is InChI=1S/C28H29FN2O4/c29-19-3-1-2-17-18(19)14-31(26(17)33)20-8-9-28(34)22-12-16-6-7-21(32)24-23(16)27(28,25(20)35-24)10-11-30(22)13-15-4-5-15/h1-3,6-7,15,20,22,25,32,34H,4-5,8-14H2/t20-,22-,25+,27+,28-/m1/s1. The van der Waals surface area contributed by atoms with Crippen molar-refractivity contribution in [1.82, 2.24) is 9.80 Å². The minimum Gasteiger partial charge on any atom is -0.504 e.